The summed E-state index contributed by atoms with van der Waals surface area (Å²) in [5.74, 6) is -1.06. The molecule has 0 fully saturated rings. The van der Waals surface area contributed by atoms with Crippen LogP contribution in [0, 0.1) is 5.82 Å². The summed E-state index contributed by atoms with van der Waals surface area (Å²) in [5, 5.41) is 2.76. The molecular formula is C17H14ClF4NO. The summed E-state index contributed by atoms with van der Waals surface area (Å²) < 4.78 is 51.2. The topological polar surface area (TPSA) is 29.1 Å². The smallest absolute Gasteiger partial charge is 0.349 e. The molecule has 0 saturated carbocycles. The van der Waals surface area contributed by atoms with Gasteiger partial charge in [-0.3, -0.25) is 4.79 Å². The number of nitrogens with one attached hydrogen (secondary N) is 1. The van der Waals surface area contributed by atoms with Crippen molar-refractivity contribution in [3.8, 4) is 0 Å². The molecular weight excluding hydrogens is 346 g/mol. The van der Waals surface area contributed by atoms with Crippen molar-refractivity contribution in [3.63, 3.8) is 0 Å². The summed E-state index contributed by atoms with van der Waals surface area (Å²) in [6.07, 6.45) is -4.66. The van der Waals surface area contributed by atoms with Crippen molar-refractivity contribution < 1.29 is 22.4 Å². The molecule has 0 radical (unpaired) electrons. The second-order valence-corrected chi connectivity index (χ2v) is 5.69. The summed E-state index contributed by atoms with van der Waals surface area (Å²) >= 11 is 5.86. The third-order valence-electron chi connectivity index (χ3n) is 3.51. The van der Waals surface area contributed by atoms with Crippen molar-refractivity contribution in [2.45, 2.75) is 25.6 Å². The number of amides is 1. The molecule has 1 N–H and O–H groups in total. The van der Waals surface area contributed by atoms with Crippen LogP contribution < -0.4 is 5.32 Å². The highest BCUT2D eigenvalue weighted by molar-refractivity contribution is 6.31. The van der Waals surface area contributed by atoms with Crippen LogP contribution in [0.25, 0.3) is 0 Å². The van der Waals surface area contributed by atoms with Crippen molar-refractivity contribution >= 4 is 17.5 Å². The minimum absolute atomic E-state index is 0.0799. The van der Waals surface area contributed by atoms with Gasteiger partial charge in [0.1, 0.15) is 5.82 Å². The van der Waals surface area contributed by atoms with E-state index in [-0.39, 0.29) is 17.0 Å². The van der Waals surface area contributed by atoms with E-state index in [9.17, 15) is 22.4 Å². The van der Waals surface area contributed by atoms with E-state index < -0.39 is 29.5 Å². The second-order valence-electron chi connectivity index (χ2n) is 5.29. The molecule has 0 unspecified atom stereocenters. The van der Waals surface area contributed by atoms with E-state index in [1.54, 1.807) is 6.92 Å². The lowest BCUT2D eigenvalue weighted by Crippen LogP contribution is -2.28. The van der Waals surface area contributed by atoms with E-state index in [0.29, 0.717) is 5.56 Å². The number of hydrogen-bond donors (Lipinski definition) is 1. The molecule has 0 heterocycles. The molecule has 2 aromatic carbocycles. The molecule has 1 atom stereocenters. The molecule has 0 bridgehead atoms. The van der Waals surface area contributed by atoms with Crippen molar-refractivity contribution in [2.75, 3.05) is 0 Å². The minimum Gasteiger partial charge on any atom is -0.349 e. The van der Waals surface area contributed by atoms with Crippen LogP contribution in [-0.2, 0) is 17.4 Å². The van der Waals surface area contributed by atoms with E-state index >= 15 is 0 Å². The molecule has 128 valence electrons. The maximum absolute atomic E-state index is 13.7. The fourth-order valence-corrected chi connectivity index (χ4v) is 2.43. The quantitative estimate of drug-likeness (QED) is 0.771. The highest BCUT2D eigenvalue weighted by Crippen LogP contribution is 2.30. The van der Waals surface area contributed by atoms with E-state index in [1.165, 1.54) is 30.3 Å². The number of benzene rings is 2. The lowest BCUT2D eigenvalue weighted by molar-refractivity contribution is -0.137. The number of hydrogen-bond acceptors (Lipinski definition) is 1. The molecule has 2 rings (SSSR count). The summed E-state index contributed by atoms with van der Waals surface area (Å²) in [6, 6.07) is 8.08. The van der Waals surface area contributed by atoms with Crippen molar-refractivity contribution in [1.82, 2.24) is 5.32 Å². The Hall–Kier alpha value is -2.08. The Labute approximate surface area is 141 Å². The van der Waals surface area contributed by atoms with Crippen LogP contribution in [0.2, 0.25) is 5.02 Å². The molecule has 0 aliphatic rings. The predicted molar refractivity (Wildman–Crippen MR) is 83.1 cm³/mol. The van der Waals surface area contributed by atoms with Crippen LogP contribution in [0.1, 0.15) is 29.7 Å². The van der Waals surface area contributed by atoms with Crippen LogP contribution in [-0.4, -0.2) is 5.91 Å². The van der Waals surface area contributed by atoms with Gasteiger partial charge < -0.3 is 5.32 Å². The Bertz CT molecular complexity index is 708. The first kappa shape index (κ1) is 18.3. The van der Waals surface area contributed by atoms with Crippen LogP contribution in [0.5, 0.6) is 0 Å². The second kappa shape index (κ2) is 7.21. The summed E-state index contributed by atoms with van der Waals surface area (Å²) in [5.41, 5.74) is -0.171. The van der Waals surface area contributed by atoms with Gasteiger partial charge in [0.25, 0.3) is 0 Å². The number of rotatable bonds is 4. The van der Waals surface area contributed by atoms with Crippen LogP contribution in [0.15, 0.2) is 42.5 Å². The van der Waals surface area contributed by atoms with Gasteiger partial charge in [0.05, 0.1) is 18.0 Å². The molecule has 0 aliphatic heterocycles. The van der Waals surface area contributed by atoms with E-state index in [4.69, 9.17) is 11.6 Å². The van der Waals surface area contributed by atoms with Crippen molar-refractivity contribution in [1.29, 1.82) is 0 Å². The van der Waals surface area contributed by atoms with Gasteiger partial charge in [-0.1, -0.05) is 29.8 Å². The summed E-state index contributed by atoms with van der Waals surface area (Å²) in [7, 11) is 0. The average Bonchev–Trinajstić information content (AvgIpc) is 2.50. The zero-order valence-corrected chi connectivity index (χ0v) is 13.4. The first-order valence-corrected chi connectivity index (χ1v) is 7.45. The van der Waals surface area contributed by atoms with Gasteiger partial charge >= 0.3 is 6.18 Å². The molecule has 2 aromatic rings. The first-order valence-electron chi connectivity index (χ1n) is 7.08. The Morgan fingerprint density at radius 2 is 1.79 bits per heavy atom. The third kappa shape index (κ3) is 4.47. The van der Waals surface area contributed by atoms with E-state index in [2.05, 4.69) is 5.32 Å². The molecule has 24 heavy (non-hydrogen) atoms. The SMILES string of the molecule is C[C@H](NC(=O)Cc1c(F)cccc1Cl)c1ccc(C(F)(F)F)cc1. The molecule has 0 spiro atoms. The van der Waals surface area contributed by atoms with Gasteiger partial charge in [-0.15, -0.1) is 0 Å². The average molecular weight is 360 g/mol. The lowest BCUT2D eigenvalue weighted by Gasteiger charge is -2.16. The molecule has 2 nitrogen and oxygen atoms in total. The Morgan fingerprint density at radius 3 is 2.33 bits per heavy atom. The molecule has 7 heteroatoms. The normalized spacial score (nSPS) is 12.8. The maximum atomic E-state index is 13.7. The van der Waals surface area contributed by atoms with Gasteiger partial charge in [0.15, 0.2) is 0 Å². The first-order chi connectivity index (χ1) is 11.2. The van der Waals surface area contributed by atoms with Crippen LogP contribution >= 0.6 is 11.6 Å². The number of carbonyl (C=O) groups excluding carboxylic acids is 1. The largest absolute Gasteiger partial charge is 0.416 e. The highest BCUT2D eigenvalue weighted by Gasteiger charge is 2.30. The summed E-state index contributed by atoms with van der Waals surface area (Å²) in [4.78, 5) is 12.0. The van der Waals surface area contributed by atoms with Gasteiger partial charge in [0.2, 0.25) is 5.91 Å². The van der Waals surface area contributed by atoms with Gasteiger partial charge in [-0.2, -0.15) is 13.2 Å². The fourth-order valence-electron chi connectivity index (χ4n) is 2.20. The zero-order valence-electron chi connectivity index (χ0n) is 12.6. The summed E-state index contributed by atoms with van der Waals surface area (Å²) in [6.45, 7) is 1.63. The number of alkyl halides is 3. The number of halogens is 5. The van der Waals surface area contributed by atoms with Crippen LogP contribution in [0.4, 0.5) is 17.6 Å². The van der Waals surface area contributed by atoms with Crippen molar-refractivity contribution in [3.05, 3.63) is 70.0 Å². The predicted octanol–water partition coefficient (Wildman–Crippen LogP) is 4.92. The van der Waals surface area contributed by atoms with Crippen LogP contribution in [0.3, 0.4) is 0 Å². The molecule has 0 aliphatic carbocycles. The Kier molecular flexibility index (Phi) is 5.49. The Morgan fingerprint density at radius 1 is 1.17 bits per heavy atom. The van der Waals surface area contributed by atoms with Gasteiger partial charge in [-0.25, -0.2) is 4.39 Å². The zero-order chi connectivity index (χ0) is 17.9. The molecule has 1 amide bonds. The third-order valence-corrected chi connectivity index (χ3v) is 3.87. The van der Waals surface area contributed by atoms with E-state index in [0.717, 1.165) is 12.1 Å². The monoisotopic (exact) mass is 359 g/mol. The maximum Gasteiger partial charge on any atom is 0.416 e. The minimum atomic E-state index is -4.41. The fraction of sp³-hybridized carbons (Fsp3) is 0.235. The number of carbonyl (C=O) groups is 1. The van der Waals surface area contributed by atoms with Gasteiger partial charge in [-0.05, 0) is 36.8 Å². The lowest BCUT2D eigenvalue weighted by atomic mass is 10.0. The standard InChI is InChI=1S/C17H14ClF4NO/c1-10(11-5-7-12(8-6-11)17(20,21)22)23-16(24)9-13-14(18)3-2-4-15(13)19/h2-8,10H,9H2,1H3,(H,23,24)/t10-/m0/s1. The van der Waals surface area contributed by atoms with Gasteiger partial charge in [0, 0.05) is 10.6 Å². The highest BCUT2D eigenvalue weighted by atomic mass is 35.5. The molecule has 0 saturated heterocycles. The Balaban J connectivity index is 2.04. The molecule has 0 aromatic heterocycles. The van der Waals surface area contributed by atoms with Crippen molar-refractivity contribution in [2.24, 2.45) is 0 Å². The van der Waals surface area contributed by atoms with E-state index in [1.807, 2.05) is 0 Å².